The number of nitrogens with one attached hydrogen (secondary N) is 4. The molecule has 2 atom stereocenters. The molecule has 1 saturated carbocycles. The highest BCUT2D eigenvalue weighted by Gasteiger charge is 2.47. The summed E-state index contributed by atoms with van der Waals surface area (Å²) in [6, 6.07) is 4.55. The van der Waals surface area contributed by atoms with E-state index in [-0.39, 0.29) is 10.6 Å². The van der Waals surface area contributed by atoms with Crippen molar-refractivity contribution in [2.24, 2.45) is 11.1 Å². The van der Waals surface area contributed by atoms with Crippen LogP contribution in [-0.4, -0.2) is 65.8 Å². The fourth-order valence-electron chi connectivity index (χ4n) is 4.55. The average Bonchev–Trinajstić information content (AvgIpc) is 3.52. The van der Waals surface area contributed by atoms with Gasteiger partial charge < -0.3 is 25.6 Å². The van der Waals surface area contributed by atoms with Gasteiger partial charge in [-0.25, -0.2) is 13.4 Å². The van der Waals surface area contributed by atoms with E-state index in [0.29, 0.717) is 37.5 Å². The van der Waals surface area contributed by atoms with Crippen LogP contribution in [-0.2, 0) is 24.4 Å². The molecule has 0 radical (unpaired) electrons. The second-order valence-electron chi connectivity index (χ2n) is 8.81. The van der Waals surface area contributed by atoms with E-state index < -0.39 is 33.7 Å². The van der Waals surface area contributed by atoms with Crippen molar-refractivity contribution in [3.05, 3.63) is 42.7 Å². The SMILES string of the molecule is O=CNC(C1=NOC2(CCC(CNc3ncc[nH]3)CC2)C1)[C@H](NS(=O)(=O)c1ccccc1)C(=O)O. The first-order valence-corrected chi connectivity index (χ1v) is 12.8. The molecule has 5 N–H and O–H groups in total. The number of hydrogen-bond acceptors (Lipinski definition) is 8. The third-order valence-corrected chi connectivity index (χ3v) is 7.93. The van der Waals surface area contributed by atoms with Crippen LogP contribution in [0, 0.1) is 5.92 Å². The third kappa shape index (κ3) is 5.80. The van der Waals surface area contributed by atoms with Crippen LogP contribution in [0.15, 0.2) is 52.8 Å². The fourth-order valence-corrected chi connectivity index (χ4v) is 5.77. The Bertz CT molecular complexity index is 1150. The molecule has 1 unspecified atom stereocenters. The summed E-state index contributed by atoms with van der Waals surface area (Å²) in [5.74, 6) is -0.319. The van der Waals surface area contributed by atoms with E-state index in [1.165, 1.54) is 24.3 Å². The number of aliphatic carboxylic acids is 1. The van der Waals surface area contributed by atoms with Gasteiger partial charge in [0, 0.05) is 25.4 Å². The van der Waals surface area contributed by atoms with E-state index in [9.17, 15) is 23.1 Å². The predicted molar refractivity (Wildman–Crippen MR) is 126 cm³/mol. The number of aromatic amines is 1. The van der Waals surface area contributed by atoms with Gasteiger partial charge in [0.15, 0.2) is 5.95 Å². The van der Waals surface area contributed by atoms with Crippen molar-refractivity contribution in [2.45, 2.75) is 54.7 Å². The minimum absolute atomic E-state index is 0.0846. The Labute approximate surface area is 202 Å². The first-order chi connectivity index (χ1) is 16.8. The minimum atomic E-state index is -4.16. The number of amides is 1. The molecule has 1 fully saturated rings. The van der Waals surface area contributed by atoms with Crippen molar-refractivity contribution in [1.29, 1.82) is 0 Å². The first-order valence-electron chi connectivity index (χ1n) is 11.3. The number of imidazole rings is 1. The Balaban J connectivity index is 1.41. The standard InChI is InChI=1S/C22H28N6O6S/c29-14-26-18(19(20(30)31)28-35(32,33)16-4-2-1-3-5-16)17-12-22(34-27-17)8-6-15(7-9-22)13-25-21-23-10-11-24-21/h1-5,10-11,14-15,18-19,28H,6-9,12-13H2,(H,26,29)(H,30,31)(H2,23,24,25)/t15?,18?,19-,22?/m0/s1. The Morgan fingerprint density at radius 3 is 2.66 bits per heavy atom. The topological polar surface area (TPSA) is 175 Å². The summed E-state index contributed by atoms with van der Waals surface area (Å²) >= 11 is 0. The molecular formula is C22H28N6O6S. The molecule has 2 heterocycles. The lowest BCUT2D eigenvalue weighted by Crippen LogP contribution is -2.57. The number of benzene rings is 1. The van der Waals surface area contributed by atoms with Gasteiger partial charge in [0.05, 0.1) is 16.6 Å². The summed E-state index contributed by atoms with van der Waals surface area (Å²) in [5, 5.41) is 19.6. The number of oxime groups is 1. The zero-order valence-electron chi connectivity index (χ0n) is 18.9. The molecule has 2 aliphatic rings. The second-order valence-corrected chi connectivity index (χ2v) is 10.5. The molecule has 13 heteroatoms. The molecule has 4 rings (SSSR count). The van der Waals surface area contributed by atoms with E-state index >= 15 is 0 Å². The molecule has 1 aromatic carbocycles. The normalized spacial score (nSPS) is 23.7. The molecule has 2 aromatic rings. The first kappa shape index (κ1) is 24.7. The minimum Gasteiger partial charge on any atom is -0.480 e. The van der Waals surface area contributed by atoms with Crippen molar-refractivity contribution in [3.63, 3.8) is 0 Å². The maximum atomic E-state index is 12.8. The van der Waals surface area contributed by atoms with Crippen molar-refractivity contribution in [2.75, 3.05) is 11.9 Å². The van der Waals surface area contributed by atoms with Gasteiger partial charge in [-0.05, 0) is 43.7 Å². The van der Waals surface area contributed by atoms with E-state index in [4.69, 9.17) is 4.84 Å². The van der Waals surface area contributed by atoms with Crippen LogP contribution < -0.4 is 15.4 Å². The van der Waals surface area contributed by atoms with Gasteiger partial charge in [-0.3, -0.25) is 9.59 Å². The second kappa shape index (κ2) is 10.4. The van der Waals surface area contributed by atoms with Crippen LogP contribution in [0.5, 0.6) is 0 Å². The van der Waals surface area contributed by atoms with Crippen LogP contribution in [0.4, 0.5) is 5.95 Å². The zero-order chi connectivity index (χ0) is 24.9. The Morgan fingerprint density at radius 2 is 2.03 bits per heavy atom. The highest BCUT2D eigenvalue weighted by Crippen LogP contribution is 2.41. The molecule has 35 heavy (non-hydrogen) atoms. The molecule has 12 nitrogen and oxygen atoms in total. The summed E-state index contributed by atoms with van der Waals surface area (Å²) in [7, 11) is -4.16. The molecule has 1 spiro atoms. The lowest BCUT2D eigenvalue weighted by Gasteiger charge is -2.35. The Hall–Kier alpha value is -3.45. The number of carboxylic acids is 1. The summed E-state index contributed by atoms with van der Waals surface area (Å²) in [6.45, 7) is 0.759. The molecule has 0 saturated heterocycles. The molecule has 188 valence electrons. The number of nitrogens with zero attached hydrogens (tertiary/aromatic N) is 2. The van der Waals surface area contributed by atoms with E-state index in [2.05, 4.69) is 30.5 Å². The Morgan fingerprint density at radius 1 is 1.29 bits per heavy atom. The number of rotatable bonds is 11. The number of H-pyrrole nitrogens is 1. The largest absolute Gasteiger partial charge is 0.480 e. The van der Waals surface area contributed by atoms with Gasteiger partial charge in [-0.2, -0.15) is 4.72 Å². The van der Waals surface area contributed by atoms with Gasteiger partial charge in [0.25, 0.3) is 0 Å². The van der Waals surface area contributed by atoms with Crippen molar-refractivity contribution in [3.8, 4) is 0 Å². The highest BCUT2D eigenvalue weighted by atomic mass is 32.2. The van der Waals surface area contributed by atoms with Crippen LogP contribution >= 0.6 is 0 Å². The summed E-state index contributed by atoms with van der Waals surface area (Å²) in [5.41, 5.74) is -0.312. The van der Waals surface area contributed by atoms with Crippen LogP contribution in [0.1, 0.15) is 32.1 Å². The fraction of sp³-hybridized carbons (Fsp3) is 0.455. The maximum absolute atomic E-state index is 12.8. The highest BCUT2D eigenvalue weighted by molar-refractivity contribution is 7.89. The molecular weight excluding hydrogens is 476 g/mol. The van der Waals surface area contributed by atoms with Crippen LogP contribution in [0.3, 0.4) is 0 Å². The van der Waals surface area contributed by atoms with Gasteiger partial charge in [-0.15, -0.1) is 0 Å². The van der Waals surface area contributed by atoms with E-state index in [0.717, 1.165) is 19.4 Å². The number of carboxylic acid groups (broad SMARTS) is 1. The Kier molecular flexibility index (Phi) is 7.36. The monoisotopic (exact) mass is 504 g/mol. The summed E-state index contributed by atoms with van der Waals surface area (Å²) in [6.07, 6.45) is 7.19. The van der Waals surface area contributed by atoms with Crippen molar-refractivity contribution >= 4 is 34.1 Å². The number of carbonyl (C=O) groups excluding carboxylic acids is 1. The third-order valence-electron chi connectivity index (χ3n) is 6.47. The van der Waals surface area contributed by atoms with Gasteiger partial charge >= 0.3 is 5.97 Å². The molecule has 1 aliphatic carbocycles. The zero-order valence-corrected chi connectivity index (χ0v) is 19.7. The number of sulfonamides is 1. The van der Waals surface area contributed by atoms with Gasteiger partial charge in [0.2, 0.25) is 16.4 Å². The van der Waals surface area contributed by atoms with E-state index in [1.807, 2.05) is 0 Å². The quantitative estimate of drug-likeness (QED) is 0.282. The molecule has 0 bridgehead atoms. The van der Waals surface area contributed by atoms with Crippen LogP contribution in [0.2, 0.25) is 0 Å². The molecule has 1 amide bonds. The van der Waals surface area contributed by atoms with E-state index in [1.54, 1.807) is 18.5 Å². The smallest absolute Gasteiger partial charge is 0.324 e. The number of carbonyl (C=O) groups is 2. The van der Waals surface area contributed by atoms with Crippen molar-refractivity contribution < 1.29 is 28.0 Å². The lowest BCUT2D eigenvalue weighted by molar-refractivity contribution is -0.139. The predicted octanol–water partition coefficient (Wildman–Crippen LogP) is 1.07. The number of aromatic nitrogens is 2. The number of hydrogen-bond donors (Lipinski definition) is 5. The average molecular weight is 505 g/mol. The maximum Gasteiger partial charge on any atom is 0.324 e. The number of anilines is 1. The van der Waals surface area contributed by atoms with Gasteiger partial charge in [0.1, 0.15) is 11.6 Å². The van der Waals surface area contributed by atoms with Crippen LogP contribution in [0.25, 0.3) is 0 Å². The van der Waals surface area contributed by atoms with Crippen molar-refractivity contribution in [1.82, 2.24) is 20.0 Å². The lowest BCUT2D eigenvalue weighted by atomic mass is 9.75. The summed E-state index contributed by atoms with van der Waals surface area (Å²) in [4.78, 5) is 36.3. The summed E-state index contributed by atoms with van der Waals surface area (Å²) < 4.78 is 27.7. The molecule has 1 aliphatic heterocycles. The van der Waals surface area contributed by atoms with Gasteiger partial charge in [-0.1, -0.05) is 23.4 Å². The molecule has 1 aromatic heterocycles.